The van der Waals surface area contributed by atoms with Gasteiger partial charge in [0.05, 0.1) is 28.6 Å². The first-order valence-electron chi connectivity index (χ1n) is 5.58. The minimum Gasteiger partial charge on any atom is -0.463 e. The van der Waals surface area contributed by atoms with E-state index < -0.39 is 10.9 Å². The normalized spacial score (nSPS) is 11.0. The van der Waals surface area contributed by atoms with Crippen molar-refractivity contribution in [3.63, 3.8) is 0 Å². The van der Waals surface area contributed by atoms with Crippen LogP contribution in [0.2, 0.25) is 0 Å². The third-order valence-electron chi connectivity index (χ3n) is 2.45. The van der Waals surface area contributed by atoms with Gasteiger partial charge in [0.25, 0.3) is 5.69 Å². The first-order chi connectivity index (χ1) is 9.11. The zero-order chi connectivity index (χ0) is 13.8. The first-order valence-corrected chi connectivity index (χ1v) is 5.58. The second-order valence-electron chi connectivity index (χ2n) is 3.71. The van der Waals surface area contributed by atoms with Gasteiger partial charge in [-0.05, 0) is 24.6 Å². The van der Waals surface area contributed by atoms with E-state index in [9.17, 15) is 14.9 Å². The Hall–Kier alpha value is -2.70. The quantitative estimate of drug-likeness (QED) is 0.393. The second kappa shape index (κ2) is 5.30. The van der Waals surface area contributed by atoms with E-state index in [4.69, 9.17) is 4.74 Å². The highest BCUT2D eigenvalue weighted by Gasteiger charge is 2.14. The van der Waals surface area contributed by atoms with Gasteiger partial charge in [0, 0.05) is 12.1 Å². The molecule has 7 nitrogen and oxygen atoms in total. The molecule has 0 fully saturated rings. The van der Waals surface area contributed by atoms with Gasteiger partial charge in [0.1, 0.15) is 0 Å². The van der Waals surface area contributed by atoms with E-state index in [1.165, 1.54) is 24.4 Å². The summed E-state index contributed by atoms with van der Waals surface area (Å²) in [5.41, 5.74) is 1.00. The number of aromatic amines is 1. The van der Waals surface area contributed by atoms with E-state index in [2.05, 4.69) is 10.2 Å². The summed E-state index contributed by atoms with van der Waals surface area (Å²) >= 11 is 0. The average molecular weight is 261 g/mol. The number of nitro benzene ring substituents is 1. The van der Waals surface area contributed by atoms with Crippen molar-refractivity contribution in [2.45, 2.75) is 6.92 Å². The maximum atomic E-state index is 11.2. The van der Waals surface area contributed by atoms with Crippen LogP contribution in [0, 0.1) is 10.1 Å². The molecule has 2 rings (SSSR count). The monoisotopic (exact) mass is 261 g/mol. The summed E-state index contributed by atoms with van der Waals surface area (Å²) in [6, 6.07) is 3.05. The zero-order valence-electron chi connectivity index (χ0n) is 10.1. The number of carbonyl (C=O) groups is 1. The lowest BCUT2D eigenvalue weighted by atomic mass is 10.1. The molecule has 0 saturated heterocycles. The number of hydrogen-bond acceptors (Lipinski definition) is 5. The van der Waals surface area contributed by atoms with E-state index in [1.807, 2.05) is 0 Å². The molecule has 7 heteroatoms. The number of ether oxygens (including phenoxy) is 1. The first kappa shape index (κ1) is 12.7. The molecule has 0 aliphatic heterocycles. The van der Waals surface area contributed by atoms with Crippen molar-refractivity contribution in [3.8, 4) is 0 Å². The number of non-ortho nitro benzene ring substituents is 1. The number of fused-ring (bicyclic) bond motifs is 1. The summed E-state index contributed by atoms with van der Waals surface area (Å²) in [5, 5.41) is 17.8. The molecule has 0 aliphatic carbocycles. The molecular formula is C12H11N3O4. The molecule has 0 atom stereocenters. The Balaban J connectivity index is 2.39. The molecule has 0 saturated carbocycles. The smallest absolute Gasteiger partial charge is 0.330 e. The van der Waals surface area contributed by atoms with Crippen molar-refractivity contribution in [3.05, 3.63) is 40.1 Å². The third-order valence-corrected chi connectivity index (χ3v) is 2.45. The second-order valence-corrected chi connectivity index (χ2v) is 3.71. The summed E-state index contributed by atoms with van der Waals surface area (Å²) in [7, 11) is 0. The number of rotatable bonds is 4. The van der Waals surface area contributed by atoms with Gasteiger partial charge in [-0.2, -0.15) is 5.10 Å². The maximum absolute atomic E-state index is 11.2. The van der Waals surface area contributed by atoms with Crippen LogP contribution in [0.15, 0.2) is 24.4 Å². The Morgan fingerprint density at radius 2 is 2.37 bits per heavy atom. The predicted molar refractivity (Wildman–Crippen MR) is 68.4 cm³/mol. The predicted octanol–water partition coefficient (Wildman–Crippen LogP) is 2.05. The van der Waals surface area contributed by atoms with Crippen molar-refractivity contribution in [2.24, 2.45) is 0 Å². The van der Waals surface area contributed by atoms with Gasteiger partial charge >= 0.3 is 5.97 Å². The summed E-state index contributed by atoms with van der Waals surface area (Å²) in [4.78, 5) is 21.7. The molecule has 0 aliphatic rings. The van der Waals surface area contributed by atoms with Crippen molar-refractivity contribution < 1.29 is 14.5 Å². The van der Waals surface area contributed by atoms with E-state index >= 15 is 0 Å². The van der Waals surface area contributed by atoms with Crippen molar-refractivity contribution in [2.75, 3.05) is 6.61 Å². The molecule has 0 amide bonds. The number of benzene rings is 1. The summed E-state index contributed by atoms with van der Waals surface area (Å²) in [6.45, 7) is 1.98. The van der Waals surface area contributed by atoms with E-state index in [-0.39, 0.29) is 12.3 Å². The van der Waals surface area contributed by atoms with Gasteiger partial charge in [-0.15, -0.1) is 0 Å². The molecule has 1 aromatic carbocycles. The van der Waals surface area contributed by atoms with Crippen LogP contribution in [-0.2, 0) is 9.53 Å². The molecule has 0 unspecified atom stereocenters. The van der Waals surface area contributed by atoms with E-state index in [0.717, 1.165) is 0 Å². The highest BCUT2D eigenvalue weighted by Crippen LogP contribution is 2.26. The Morgan fingerprint density at radius 3 is 3.05 bits per heavy atom. The van der Waals surface area contributed by atoms with Crippen LogP contribution in [0.5, 0.6) is 0 Å². The standard InChI is InChI=1S/C12H11N3O4/c1-2-19-12(16)4-3-8-5-10-9(7-13-14-10)11(6-8)15(17)18/h3-7H,2H2,1H3,(H,13,14). The summed E-state index contributed by atoms with van der Waals surface area (Å²) in [5.74, 6) is -0.491. The number of aromatic nitrogens is 2. The lowest BCUT2D eigenvalue weighted by Gasteiger charge is -1.98. The Morgan fingerprint density at radius 1 is 1.58 bits per heavy atom. The van der Waals surface area contributed by atoms with Crippen LogP contribution in [-0.4, -0.2) is 27.7 Å². The Kier molecular flexibility index (Phi) is 3.56. The summed E-state index contributed by atoms with van der Waals surface area (Å²) < 4.78 is 4.73. The average Bonchev–Trinajstić information content (AvgIpc) is 2.83. The Labute approximate surface area is 108 Å². The van der Waals surface area contributed by atoms with Crippen LogP contribution in [0.25, 0.3) is 17.0 Å². The van der Waals surface area contributed by atoms with Crippen LogP contribution in [0.1, 0.15) is 12.5 Å². The number of carbonyl (C=O) groups excluding carboxylic acids is 1. The molecular weight excluding hydrogens is 250 g/mol. The fourth-order valence-corrected chi connectivity index (χ4v) is 1.66. The largest absolute Gasteiger partial charge is 0.463 e. The molecule has 98 valence electrons. The molecule has 1 heterocycles. The summed E-state index contributed by atoms with van der Waals surface area (Å²) in [6.07, 6.45) is 4.09. The van der Waals surface area contributed by atoms with Crippen LogP contribution in [0.3, 0.4) is 0 Å². The lowest BCUT2D eigenvalue weighted by molar-refractivity contribution is -0.383. The SMILES string of the molecule is CCOC(=O)C=Cc1cc([N+](=O)[O-])c2cn[nH]c2c1. The zero-order valence-corrected chi connectivity index (χ0v) is 10.1. The van der Waals surface area contributed by atoms with Gasteiger partial charge in [-0.3, -0.25) is 15.2 Å². The van der Waals surface area contributed by atoms with Crippen molar-refractivity contribution in [1.82, 2.24) is 10.2 Å². The molecule has 1 aromatic heterocycles. The molecule has 19 heavy (non-hydrogen) atoms. The molecule has 0 radical (unpaired) electrons. The minimum absolute atomic E-state index is 0.0604. The molecule has 0 spiro atoms. The van der Waals surface area contributed by atoms with Gasteiger partial charge in [-0.25, -0.2) is 4.79 Å². The number of esters is 1. The van der Waals surface area contributed by atoms with Crippen LogP contribution < -0.4 is 0 Å². The van der Waals surface area contributed by atoms with E-state index in [1.54, 1.807) is 13.0 Å². The number of nitrogens with zero attached hydrogens (tertiary/aromatic N) is 2. The Bertz CT molecular complexity index is 660. The number of hydrogen-bond donors (Lipinski definition) is 1. The fourth-order valence-electron chi connectivity index (χ4n) is 1.66. The van der Waals surface area contributed by atoms with Crippen LogP contribution in [0.4, 0.5) is 5.69 Å². The number of nitrogens with one attached hydrogen (secondary N) is 1. The molecule has 2 aromatic rings. The van der Waals surface area contributed by atoms with Crippen molar-refractivity contribution >= 4 is 28.6 Å². The fraction of sp³-hybridized carbons (Fsp3) is 0.167. The van der Waals surface area contributed by atoms with Gasteiger partial charge < -0.3 is 4.74 Å². The molecule has 1 N–H and O–H groups in total. The highest BCUT2D eigenvalue weighted by atomic mass is 16.6. The highest BCUT2D eigenvalue weighted by molar-refractivity contribution is 5.92. The lowest BCUT2D eigenvalue weighted by Crippen LogP contribution is -1.98. The third kappa shape index (κ3) is 2.76. The number of nitro groups is 1. The van der Waals surface area contributed by atoms with E-state index in [0.29, 0.717) is 16.5 Å². The topological polar surface area (TPSA) is 98.1 Å². The number of H-pyrrole nitrogens is 1. The van der Waals surface area contributed by atoms with Gasteiger partial charge in [-0.1, -0.05) is 0 Å². The van der Waals surface area contributed by atoms with Gasteiger partial charge in [0.15, 0.2) is 0 Å². The van der Waals surface area contributed by atoms with Crippen LogP contribution >= 0.6 is 0 Å². The minimum atomic E-state index is -0.491. The maximum Gasteiger partial charge on any atom is 0.330 e. The van der Waals surface area contributed by atoms with Crippen molar-refractivity contribution in [1.29, 1.82) is 0 Å². The van der Waals surface area contributed by atoms with Gasteiger partial charge in [0.2, 0.25) is 0 Å². The molecule has 0 bridgehead atoms.